The SMILES string of the molecule is CCCNC(C#N)CCN1CCOC2CCCC21. The molecule has 2 fully saturated rings. The average molecular weight is 251 g/mol. The highest BCUT2D eigenvalue weighted by atomic mass is 16.5. The van der Waals surface area contributed by atoms with E-state index >= 15 is 0 Å². The number of hydrogen-bond acceptors (Lipinski definition) is 4. The Balaban J connectivity index is 1.76. The van der Waals surface area contributed by atoms with Gasteiger partial charge < -0.3 is 10.1 Å². The van der Waals surface area contributed by atoms with Gasteiger partial charge in [-0.1, -0.05) is 6.92 Å². The maximum Gasteiger partial charge on any atom is 0.0965 e. The Morgan fingerprint density at radius 2 is 2.39 bits per heavy atom. The third-order valence-electron chi connectivity index (χ3n) is 4.10. The van der Waals surface area contributed by atoms with Crippen molar-refractivity contribution in [3.63, 3.8) is 0 Å². The molecule has 1 saturated carbocycles. The summed E-state index contributed by atoms with van der Waals surface area (Å²) in [6.07, 6.45) is 6.26. The zero-order valence-corrected chi connectivity index (χ0v) is 11.4. The second-order valence-corrected chi connectivity index (χ2v) is 5.37. The normalized spacial score (nSPS) is 29.8. The number of rotatable bonds is 6. The van der Waals surface area contributed by atoms with Crippen LogP contribution in [0, 0.1) is 11.3 Å². The number of nitrogens with zero attached hydrogens (tertiary/aromatic N) is 2. The molecule has 0 spiro atoms. The number of nitrogens with one attached hydrogen (secondary N) is 1. The lowest BCUT2D eigenvalue weighted by atomic mass is 10.1. The number of morpholine rings is 1. The van der Waals surface area contributed by atoms with E-state index in [2.05, 4.69) is 23.2 Å². The lowest BCUT2D eigenvalue weighted by molar-refractivity contribution is -0.0560. The molecule has 4 nitrogen and oxygen atoms in total. The summed E-state index contributed by atoms with van der Waals surface area (Å²) in [5.41, 5.74) is 0. The van der Waals surface area contributed by atoms with Gasteiger partial charge in [0.1, 0.15) is 0 Å². The van der Waals surface area contributed by atoms with Crippen LogP contribution in [0.15, 0.2) is 0 Å². The van der Waals surface area contributed by atoms with E-state index in [0.29, 0.717) is 12.1 Å². The molecule has 1 N–H and O–H groups in total. The van der Waals surface area contributed by atoms with Crippen LogP contribution in [-0.4, -0.2) is 49.3 Å². The topological polar surface area (TPSA) is 48.3 Å². The van der Waals surface area contributed by atoms with Crippen molar-refractivity contribution >= 4 is 0 Å². The largest absolute Gasteiger partial charge is 0.375 e. The highest BCUT2D eigenvalue weighted by Crippen LogP contribution is 2.29. The summed E-state index contributed by atoms with van der Waals surface area (Å²) in [5, 5.41) is 12.4. The molecule has 0 amide bonds. The summed E-state index contributed by atoms with van der Waals surface area (Å²) in [4.78, 5) is 2.54. The van der Waals surface area contributed by atoms with E-state index in [-0.39, 0.29) is 6.04 Å². The van der Waals surface area contributed by atoms with Crippen LogP contribution in [-0.2, 0) is 4.74 Å². The van der Waals surface area contributed by atoms with Gasteiger partial charge in [0, 0.05) is 19.1 Å². The van der Waals surface area contributed by atoms with Crippen LogP contribution in [0.2, 0.25) is 0 Å². The minimum absolute atomic E-state index is 0.00708. The molecule has 0 radical (unpaired) electrons. The zero-order valence-electron chi connectivity index (χ0n) is 11.4. The third-order valence-corrected chi connectivity index (χ3v) is 4.10. The van der Waals surface area contributed by atoms with Crippen molar-refractivity contribution in [2.75, 3.05) is 26.2 Å². The summed E-state index contributed by atoms with van der Waals surface area (Å²) in [6, 6.07) is 2.99. The Bertz CT molecular complexity index is 289. The van der Waals surface area contributed by atoms with Crippen molar-refractivity contribution in [1.82, 2.24) is 10.2 Å². The highest BCUT2D eigenvalue weighted by molar-refractivity contribution is 4.93. The molecule has 0 aromatic rings. The molecule has 3 atom stereocenters. The minimum Gasteiger partial charge on any atom is -0.375 e. The fourth-order valence-corrected chi connectivity index (χ4v) is 3.11. The lowest BCUT2D eigenvalue weighted by Crippen LogP contribution is -2.49. The predicted octanol–water partition coefficient (Wildman–Crippen LogP) is 1.52. The van der Waals surface area contributed by atoms with E-state index in [4.69, 9.17) is 10.00 Å². The lowest BCUT2D eigenvalue weighted by Gasteiger charge is -2.38. The number of hydrogen-bond donors (Lipinski definition) is 1. The van der Waals surface area contributed by atoms with Gasteiger partial charge in [-0.15, -0.1) is 0 Å². The summed E-state index contributed by atoms with van der Waals surface area (Å²) >= 11 is 0. The number of ether oxygens (including phenoxy) is 1. The van der Waals surface area contributed by atoms with E-state index < -0.39 is 0 Å². The Morgan fingerprint density at radius 1 is 1.50 bits per heavy atom. The summed E-state index contributed by atoms with van der Waals surface area (Å²) in [7, 11) is 0. The third kappa shape index (κ3) is 3.44. The molecule has 18 heavy (non-hydrogen) atoms. The molecule has 0 aromatic carbocycles. The summed E-state index contributed by atoms with van der Waals surface area (Å²) in [5.74, 6) is 0. The fourth-order valence-electron chi connectivity index (χ4n) is 3.11. The van der Waals surface area contributed by atoms with Gasteiger partial charge in [0.05, 0.1) is 24.8 Å². The summed E-state index contributed by atoms with van der Waals surface area (Å²) < 4.78 is 5.81. The van der Waals surface area contributed by atoms with Crippen LogP contribution in [0.5, 0.6) is 0 Å². The first kappa shape index (κ1) is 13.8. The van der Waals surface area contributed by atoms with E-state index in [0.717, 1.165) is 39.1 Å². The fraction of sp³-hybridized carbons (Fsp3) is 0.929. The van der Waals surface area contributed by atoms with Crippen molar-refractivity contribution in [3.05, 3.63) is 0 Å². The molecule has 102 valence electrons. The van der Waals surface area contributed by atoms with Gasteiger partial charge in [-0.25, -0.2) is 0 Å². The molecule has 1 saturated heterocycles. The van der Waals surface area contributed by atoms with Crippen LogP contribution in [0.1, 0.15) is 39.0 Å². The predicted molar refractivity (Wildman–Crippen MR) is 71.3 cm³/mol. The second kappa shape index (κ2) is 7.08. The van der Waals surface area contributed by atoms with E-state index in [9.17, 15) is 0 Å². The van der Waals surface area contributed by atoms with Crippen molar-refractivity contribution in [2.24, 2.45) is 0 Å². The van der Waals surface area contributed by atoms with Gasteiger partial charge in [0.25, 0.3) is 0 Å². The van der Waals surface area contributed by atoms with Gasteiger partial charge in [-0.3, -0.25) is 4.90 Å². The molecule has 2 aliphatic rings. The van der Waals surface area contributed by atoms with Gasteiger partial charge in [0.2, 0.25) is 0 Å². The molecule has 3 unspecified atom stereocenters. The van der Waals surface area contributed by atoms with Crippen LogP contribution < -0.4 is 5.32 Å². The Kier molecular flexibility index (Phi) is 5.43. The highest BCUT2D eigenvalue weighted by Gasteiger charge is 2.35. The Labute approximate surface area is 110 Å². The summed E-state index contributed by atoms with van der Waals surface area (Å²) in [6.45, 7) is 5.99. The van der Waals surface area contributed by atoms with Crippen LogP contribution >= 0.6 is 0 Å². The van der Waals surface area contributed by atoms with E-state index in [1.54, 1.807) is 0 Å². The monoisotopic (exact) mass is 251 g/mol. The standard InChI is InChI=1S/C14H25N3O/c1-2-7-16-12(11-15)6-8-17-9-10-18-14-5-3-4-13(14)17/h12-14,16H,2-10H2,1H3. The smallest absolute Gasteiger partial charge is 0.0965 e. The van der Waals surface area contributed by atoms with Gasteiger partial charge in [-0.2, -0.15) is 5.26 Å². The first-order valence-electron chi connectivity index (χ1n) is 7.33. The Hall–Kier alpha value is -0.630. The van der Waals surface area contributed by atoms with E-state index in [1.807, 2.05) is 0 Å². The molecule has 0 bridgehead atoms. The molecule has 0 aromatic heterocycles. The maximum atomic E-state index is 9.11. The number of nitriles is 1. The van der Waals surface area contributed by atoms with E-state index in [1.165, 1.54) is 19.3 Å². The second-order valence-electron chi connectivity index (χ2n) is 5.37. The van der Waals surface area contributed by atoms with Crippen LogP contribution in [0.25, 0.3) is 0 Å². The molecule has 2 rings (SSSR count). The molecule has 4 heteroatoms. The van der Waals surface area contributed by atoms with Crippen LogP contribution in [0.4, 0.5) is 0 Å². The van der Waals surface area contributed by atoms with Gasteiger partial charge in [0.15, 0.2) is 0 Å². The van der Waals surface area contributed by atoms with Gasteiger partial charge in [-0.05, 0) is 38.6 Å². The van der Waals surface area contributed by atoms with Gasteiger partial charge >= 0.3 is 0 Å². The molecule has 1 heterocycles. The van der Waals surface area contributed by atoms with Crippen molar-refractivity contribution in [3.8, 4) is 6.07 Å². The quantitative estimate of drug-likeness (QED) is 0.777. The van der Waals surface area contributed by atoms with Crippen molar-refractivity contribution in [2.45, 2.75) is 57.2 Å². The zero-order chi connectivity index (χ0) is 12.8. The first-order chi connectivity index (χ1) is 8.85. The van der Waals surface area contributed by atoms with Crippen molar-refractivity contribution < 1.29 is 4.74 Å². The first-order valence-corrected chi connectivity index (χ1v) is 7.33. The molecular weight excluding hydrogens is 226 g/mol. The molecular formula is C14H25N3O. The molecule has 1 aliphatic heterocycles. The average Bonchev–Trinajstić information content (AvgIpc) is 2.88. The maximum absolute atomic E-state index is 9.11. The van der Waals surface area contributed by atoms with Crippen LogP contribution in [0.3, 0.4) is 0 Å². The molecule has 1 aliphatic carbocycles. The van der Waals surface area contributed by atoms with Crippen molar-refractivity contribution in [1.29, 1.82) is 5.26 Å². The number of fused-ring (bicyclic) bond motifs is 1. The minimum atomic E-state index is 0.00708. The Morgan fingerprint density at radius 3 is 3.17 bits per heavy atom.